The SMILES string of the molecule is Cc1cc2cc(CNS(=O)(=O)c3ccc(F)c(C)c3)c(=O)[nH]c2cc1C. The Balaban J connectivity index is 1.91. The number of benzene rings is 2. The van der Waals surface area contributed by atoms with Crippen LogP contribution < -0.4 is 10.3 Å². The molecule has 0 aliphatic rings. The van der Waals surface area contributed by atoms with Crippen LogP contribution in [0.3, 0.4) is 0 Å². The van der Waals surface area contributed by atoms with Crippen molar-refractivity contribution < 1.29 is 12.8 Å². The molecule has 0 fully saturated rings. The molecule has 3 aromatic rings. The van der Waals surface area contributed by atoms with Crippen LogP contribution in [0.5, 0.6) is 0 Å². The number of aryl methyl sites for hydroxylation is 3. The second kappa shape index (κ2) is 6.66. The Labute approximate surface area is 150 Å². The van der Waals surface area contributed by atoms with E-state index in [4.69, 9.17) is 0 Å². The summed E-state index contributed by atoms with van der Waals surface area (Å²) in [4.78, 5) is 15.0. The lowest BCUT2D eigenvalue weighted by molar-refractivity contribution is 0.579. The minimum atomic E-state index is -3.85. The number of sulfonamides is 1. The van der Waals surface area contributed by atoms with Gasteiger partial charge in [0.25, 0.3) is 5.56 Å². The number of fused-ring (bicyclic) bond motifs is 1. The smallest absolute Gasteiger partial charge is 0.252 e. The van der Waals surface area contributed by atoms with Gasteiger partial charge in [0, 0.05) is 17.6 Å². The maximum Gasteiger partial charge on any atom is 0.252 e. The molecule has 3 rings (SSSR count). The standard InChI is InChI=1S/C19H19FN2O3S/c1-11-6-14-9-15(19(23)22-18(14)8-12(11)2)10-21-26(24,25)16-4-5-17(20)13(3)7-16/h4-9,21H,10H2,1-3H3,(H,22,23). The van der Waals surface area contributed by atoms with Crippen LogP contribution in [0.1, 0.15) is 22.3 Å². The molecule has 0 spiro atoms. The van der Waals surface area contributed by atoms with Crippen molar-refractivity contribution in [2.24, 2.45) is 0 Å². The van der Waals surface area contributed by atoms with Crippen LogP contribution in [0.15, 0.2) is 46.1 Å². The second-order valence-corrected chi connectivity index (χ2v) is 8.15. The predicted octanol–water partition coefficient (Wildman–Crippen LogP) is 3.07. The fraction of sp³-hybridized carbons (Fsp3) is 0.211. The third kappa shape index (κ3) is 3.54. The maximum absolute atomic E-state index is 13.3. The van der Waals surface area contributed by atoms with Crippen molar-refractivity contribution >= 4 is 20.9 Å². The summed E-state index contributed by atoms with van der Waals surface area (Å²) in [5, 5.41) is 0.833. The summed E-state index contributed by atoms with van der Waals surface area (Å²) in [6.45, 7) is 5.27. The molecule has 0 atom stereocenters. The van der Waals surface area contributed by atoms with Crippen molar-refractivity contribution in [2.75, 3.05) is 0 Å². The minimum absolute atomic E-state index is 0.0416. The van der Waals surface area contributed by atoms with E-state index in [0.29, 0.717) is 11.1 Å². The van der Waals surface area contributed by atoms with Crippen molar-refractivity contribution in [3.05, 3.63) is 74.8 Å². The molecule has 5 nitrogen and oxygen atoms in total. The van der Waals surface area contributed by atoms with E-state index in [0.717, 1.165) is 22.6 Å². The highest BCUT2D eigenvalue weighted by molar-refractivity contribution is 7.89. The molecule has 0 amide bonds. The highest BCUT2D eigenvalue weighted by Crippen LogP contribution is 2.18. The molecule has 1 aromatic heterocycles. The monoisotopic (exact) mass is 374 g/mol. The molecule has 0 saturated carbocycles. The summed E-state index contributed by atoms with van der Waals surface area (Å²) in [6, 6.07) is 9.08. The topological polar surface area (TPSA) is 79.0 Å². The molecule has 1 heterocycles. The van der Waals surface area contributed by atoms with Gasteiger partial charge in [0.2, 0.25) is 10.0 Å². The van der Waals surface area contributed by atoms with Crippen LogP contribution in [0.4, 0.5) is 4.39 Å². The van der Waals surface area contributed by atoms with E-state index in [9.17, 15) is 17.6 Å². The largest absolute Gasteiger partial charge is 0.322 e. The fourth-order valence-corrected chi connectivity index (χ4v) is 3.79. The maximum atomic E-state index is 13.3. The summed E-state index contributed by atoms with van der Waals surface area (Å²) in [5.41, 5.74) is 3.05. The highest BCUT2D eigenvalue weighted by atomic mass is 32.2. The normalized spacial score (nSPS) is 11.8. The predicted molar refractivity (Wildman–Crippen MR) is 99.2 cm³/mol. The van der Waals surface area contributed by atoms with Gasteiger partial charge in [0.1, 0.15) is 5.82 Å². The zero-order valence-electron chi connectivity index (χ0n) is 14.7. The second-order valence-electron chi connectivity index (χ2n) is 6.38. The molecule has 26 heavy (non-hydrogen) atoms. The number of H-pyrrole nitrogens is 1. The Kier molecular flexibility index (Phi) is 4.68. The average Bonchev–Trinajstić information content (AvgIpc) is 2.57. The van der Waals surface area contributed by atoms with Crippen LogP contribution in [-0.2, 0) is 16.6 Å². The van der Waals surface area contributed by atoms with E-state index in [1.54, 1.807) is 6.07 Å². The van der Waals surface area contributed by atoms with E-state index < -0.39 is 15.8 Å². The Morgan fingerprint density at radius 3 is 2.38 bits per heavy atom. The summed E-state index contributed by atoms with van der Waals surface area (Å²) < 4.78 is 40.5. The first-order chi connectivity index (χ1) is 12.2. The van der Waals surface area contributed by atoms with Crippen molar-refractivity contribution in [1.82, 2.24) is 9.71 Å². The molecule has 0 saturated heterocycles. The van der Waals surface area contributed by atoms with Gasteiger partial charge >= 0.3 is 0 Å². The van der Waals surface area contributed by atoms with Crippen LogP contribution in [0.25, 0.3) is 10.9 Å². The van der Waals surface area contributed by atoms with E-state index in [1.165, 1.54) is 19.1 Å². The van der Waals surface area contributed by atoms with Crippen LogP contribution in [0, 0.1) is 26.6 Å². The Bertz CT molecular complexity index is 1170. The van der Waals surface area contributed by atoms with Gasteiger partial charge in [-0.3, -0.25) is 4.79 Å². The summed E-state index contributed by atoms with van der Waals surface area (Å²) in [7, 11) is -3.85. The summed E-state index contributed by atoms with van der Waals surface area (Å²) in [6.07, 6.45) is 0. The molecule has 0 aliphatic heterocycles. The average molecular weight is 374 g/mol. The van der Waals surface area contributed by atoms with Crippen molar-refractivity contribution in [3.63, 3.8) is 0 Å². The Morgan fingerprint density at radius 2 is 1.69 bits per heavy atom. The minimum Gasteiger partial charge on any atom is -0.322 e. The van der Waals surface area contributed by atoms with Crippen molar-refractivity contribution in [1.29, 1.82) is 0 Å². The molecule has 0 radical (unpaired) electrons. The molecular formula is C19H19FN2O3S. The quantitative estimate of drug-likeness (QED) is 0.737. The van der Waals surface area contributed by atoms with E-state index >= 15 is 0 Å². The van der Waals surface area contributed by atoms with Gasteiger partial charge in [0.05, 0.1) is 4.90 Å². The third-order valence-corrected chi connectivity index (χ3v) is 5.83. The molecule has 7 heteroatoms. The molecule has 0 aliphatic carbocycles. The van der Waals surface area contributed by atoms with E-state index in [2.05, 4.69) is 9.71 Å². The third-order valence-electron chi connectivity index (χ3n) is 4.43. The van der Waals surface area contributed by atoms with Crippen LogP contribution in [0.2, 0.25) is 0 Å². The van der Waals surface area contributed by atoms with Gasteiger partial charge < -0.3 is 4.98 Å². The Hall–Kier alpha value is -2.51. The van der Waals surface area contributed by atoms with Crippen LogP contribution >= 0.6 is 0 Å². The number of aromatic amines is 1. The zero-order chi connectivity index (χ0) is 19.1. The molecular weight excluding hydrogens is 355 g/mol. The van der Waals surface area contributed by atoms with E-state index in [-0.39, 0.29) is 22.6 Å². The first-order valence-electron chi connectivity index (χ1n) is 8.06. The van der Waals surface area contributed by atoms with Crippen molar-refractivity contribution in [2.45, 2.75) is 32.2 Å². The zero-order valence-corrected chi connectivity index (χ0v) is 15.5. The van der Waals surface area contributed by atoms with Crippen molar-refractivity contribution in [3.8, 4) is 0 Å². The lowest BCUT2D eigenvalue weighted by Crippen LogP contribution is -2.27. The number of pyridine rings is 1. The summed E-state index contributed by atoms with van der Waals surface area (Å²) in [5.74, 6) is -0.472. The fourth-order valence-electron chi connectivity index (χ4n) is 2.69. The number of aromatic nitrogens is 1. The highest BCUT2D eigenvalue weighted by Gasteiger charge is 2.16. The lowest BCUT2D eigenvalue weighted by Gasteiger charge is -2.09. The van der Waals surface area contributed by atoms with Gasteiger partial charge in [-0.1, -0.05) is 0 Å². The van der Waals surface area contributed by atoms with Gasteiger partial charge in [-0.05, 0) is 79.2 Å². The van der Waals surface area contributed by atoms with Crippen LogP contribution in [-0.4, -0.2) is 13.4 Å². The number of hydrogen-bond donors (Lipinski definition) is 2. The molecule has 136 valence electrons. The number of hydrogen-bond acceptors (Lipinski definition) is 3. The summed E-state index contributed by atoms with van der Waals surface area (Å²) >= 11 is 0. The van der Waals surface area contributed by atoms with Gasteiger partial charge in [-0.15, -0.1) is 0 Å². The number of nitrogens with one attached hydrogen (secondary N) is 2. The molecule has 2 aromatic carbocycles. The lowest BCUT2D eigenvalue weighted by atomic mass is 10.1. The molecule has 0 unspecified atom stereocenters. The van der Waals surface area contributed by atoms with Gasteiger partial charge in [-0.25, -0.2) is 17.5 Å². The molecule has 2 N–H and O–H groups in total. The van der Waals surface area contributed by atoms with Gasteiger partial charge in [0.15, 0.2) is 0 Å². The number of halogens is 1. The first-order valence-corrected chi connectivity index (χ1v) is 9.55. The van der Waals surface area contributed by atoms with E-state index in [1.807, 2.05) is 26.0 Å². The first kappa shape index (κ1) is 18.3. The van der Waals surface area contributed by atoms with Gasteiger partial charge in [-0.2, -0.15) is 0 Å². The number of rotatable bonds is 4. The Morgan fingerprint density at radius 1 is 1.00 bits per heavy atom. The molecule has 0 bridgehead atoms.